The van der Waals surface area contributed by atoms with E-state index in [2.05, 4.69) is 4.98 Å². The minimum atomic E-state index is -0.899. The van der Waals surface area contributed by atoms with Gasteiger partial charge in [0.2, 0.25) is 5.75 Å². The first-order valence-corrected chi connectivity index (χ1v) is 5.63. The quantitative estimate of drug-likeness (QED) is 0.861. The highest BCUT2D eigenvalue weighted by Crippen LogP contribution is 2.43. The van der Waals surface area contributed by atoms with Gasteiger partial charge in [0.1, 0.15) is 0 Å². The number of rotatable bonds is 5. The van der Waals surface area contributed by atoms with Crippen LogP contribution in [0.4, 0.5) is 0 Å². The molecule has 0 aliphatic heterocycles. The van der Waals surface area contributed by atoms with Gasteiger partial charge in [-0.2, -0.15) is 0 Å². The molecule has 19 heavy (non-hydrogen) atoms. The fourth-order valence-electron chi connectivity index (χ4n) is 2.07. The number of benzene rings is 1. The molecule has 6 heteroatoms. The van der Waals surface area contributed by atoms with Gasteiger partial charge >= 0.3 is 5.97 Å². The summed E-state index contributed by atoms with van der Waals surface area (Å²) >= 11 is 0. The summed E-state index contributed by atoms with van der Waals surface area (Å²) in [6.45, 7) is 0. The average Bonchev–Trinajstić information content (AvgIpc) is 2.76. The van der Waals surface area contributed by atoms with Gasteiger partial charge in [-0.1, -0.05) is 0 Å². The molecule has 0 aliphatic carbocycles. The predicted molar refractivity (Wildman–Crippen MR) is 69.3 cm³/mol. The molecule has 6 nitrogen and oxygen atoms in total. The Bertz CT molecular complexity index is 617. The molecular weight excluding hydrogens is 250 g/mol. The topological polar surface area (TPSA) is 80.8 Å². The van der Waals surface area contributed by atoms with Crippen LogP contribution in [-0.4, -0.2) is 37.4 Å². The van der Waals surface area contributed by atoms with Crippen LogP contribution in [-0.2, 0) is 11.2 Å². The van der Waals surface area contributed by atoms with Crippen LogP contribution in [0, 0.1) is 0 Å². The van der Waals surface area contributed by atoms with Crippen molar-refractivity contribution in [1.29, 1.82) is 0 Å². The van der Waals surface area contributed by atoms with Gasteiger partial charge < -0.3 is 24.3 Å². The van der Waals surface area contributed by atoms with Crippen LogP contribution in [0.5, 0.6) is 17.2 Å². The minimum absolute atomic E-state index is 0.0809. The Morgan fingerprint density at radius 1 is 1.16 bits per heavy atom. The molecule has 0 saturated heterocycles. The van der Waals surface area contributed by atoms with Gasteiger partial charge in [-0.15, -0.1) is 0 Å². The number of ether oxygens (including phenoxy) is 3. The molecule has 0 saturated carbocycles. The summed E-state index contributed by atoms with van der Waals surface area (Å²) in [6.07, 6.45) is -0.0809. The summed E-state index contributed by atoms with van der Waals surface area (Å²) in [5.74, 6) is 0.628. The van der Waals surface area contributed by atoms with Gasteiger partial charge in [-0.05, 0) is 6.07 Å². The number of methoxy groups -OCH3 is 3. The van der Waals surface area contributed by atoms with Crippen molar-refractivity contribution in [3.8, 4) is 17.2 Å². The number of carbonyl (C=O) groups is 1. The second kappa shape index (κ2) is 5.09. The highest BCUT2D eigenvalue weighted by molar-refractivity contribution is 5.92. The Balaban J connectivity index is 2.66. The van der Waals surface area contributed by atoms with Crippen molar-refractivity contribution in [1.82, 2.24) is 4.98 Å². The Morgan fingerprint density at radius 2 is 1.84 bits per heavy atom. The van der Waals surface area contributed by atoms with Gasteiger partial charge in [0.05, 0.1) is 33.3 Å². The van der Waals surface area contributed by atoms with Crippen molar-refractivity contribution in [2.45, 2.75) is 6.42 Å². The molecule has 0 fully saturated rings. The molecule has 2 N–H and O–H groups in total. The van der Waals surface area contributed by atoms with Crippen molar-refractivity contribution in [3.63, 3.8) is 0 Å². The van der Waals surface area contributed by atoms with Crippen molar-refractivity contribution < 1.29 is 24.1 Å². The summed E-state index contributed by atoms with van der Waals surface area (Å²) in [4.78, 5) is 13.8. The fourth-order valence-corrected chi connectivity index (χ4v) is 2.07. The summed E-state index contributed by atoms with van der Waals surface area (Å²) < 4.78 is 15.9. The third-order valence-electron chi connectivity index (χ3n) is 2.82. The first-order valence-electron chi connectivity index (χ1n) is 5.63. The summed E-state index contributed by atoms with van der Waals surface area (Å²) in [5.41, 5.74) is 1.34. The SMILES string of the molecule is COc1cc2[nH]c(CC(=O)O)cc2c(OC)c1OC. The Labute approximate surface area is 109 Å². The second-order valence-corrected chi connectivity index (χ2v) is 3.97. The van der Waals surface area contributed by atoms with E-state index < -0.39 is 5.97 Å². The summed E-state index contributed by atoms with van der Waals surface area (Å²) in [5, 5.41) is 9.58. The van der Waals surface area contributed by atoms with Crippen LogP contribution >= 0.6 is 0 Å². The summed E-state index contributed by atoms with van der Waals surface area (Å²) in [6, 6.07) is 3.49. The average molecular weight is 265 g/mol. The van der Waals surface area contributed by atoms with E-state index in [9.17, 15) is 4.79 Å². The van der Waals surface area contributed by atoms with E-state index in [1.807, 2.05) is 0 Å². The number of aromatic amines is 1. The summed E-state index contributed by atoms with van der Waals surface area (Å²) in [7, 11) is 4.59. The maximum atomic E-state index is 10.7. The molecule has 0 spiro atoms. The monoisotopic (exact) mass is 265 g/mol. The predicted octanol–water partition coefficient (Wildman–Crippen LogP) is 1.82. The number of H-pyrrole nitrogens is 1. The fraction of sp³-hybridized carbons (Fsp3) is 0.308. The number of aliphatic carboxylic acids is 1. The molecule has 0 unspecified atom stereocenters. The Kier molecular flexibility index (Phi) is 3.50. The van der Waals surface area contributed by atoms with E-state index in [1.54, 1.807) is 12.1 Å². The Hall–Kier alpha value is -2.37. The minimum Gasteiger partial charge on any atom is -0.493 e. The van der Waals surface area contributed by atoms with Crippen LogP contribution in [0.15, 0.2) is 12.1 Å². The lowest BCUT2D eigenvalue weighted by Gasteiger charge is -2.12. The first-order chi connectivity index (χ1) is 9.10. The molecule has 2 aromatic rings. The number of carboxylic acids is 1. The molecule has 0 amide bonds. The normalized spacial score (nSPS) is 10.5. The lowest BCUT2D eigenvalue weighted by atomic mass is 10.2. The van der Waals surface area contributed by atoms with Gasteiger partial charge in [0.25, 0.3) is 0 Å². The van der Waals surface area contributed by atoms with Crippen LogP contribution < -0.4 is 14.2 Å². The molecule has 0 bridgehead atoms. The molecule has 0 atom stereocenters. The van der Waals surface area contributed by atoms with Crippen molar-refractivity contribution in [2.24, 2.45) is 0 Å². The van der Waals surface area contributed by atoms with E-state index in [-0.39, 0.29) is 6.42 Å². The number of hydrogen-bond donors (Lipinski definition) is 2. The maximum absolute atomic E-state index is 10.7. The van der Waals surface area contributed by atoms with Gasteiger partial charge in [-0.3, -0.25) is 4.79 Å². The second-order valence-electron chi connectivity index (χ2n) is 3.97. The smallest absolute Gasteiger partial charge is 0.309 e. The number of carboxylic acid groups (broad SMARTS) is 1. The number of nitrogens with one attached hydrogen (secondary N) is 1. The molecule has 0 radical (unpaired) electrons. The number of aromatic nitrogens is 1. The molecule has 102 valence electrons. The third kappa shape index (κ3) is 2.29. The van der Waals surface area contributed by atoms with E-state index >= 15 is 0 Å². The van der Waals surface area contributed by atoms with Crippen molar-refractivity contribution in [3.05, 3.63) is 17.8 Å². The van der Waals surface area contributed by atoms with Gasteiger partial charge in [0.15, 0.2) is 11.5 Å². The van der Waals surface area contributed by atoms with Gasteiger partial charge in [-0.25, -0.2) is 0 Å². The maximum Gasteiger partial charge on any atom is 0.309 e. The Morgan fingerprint density at radius 3 is 2.37 bits per heavy atom. The molecule has 2 rings (SSSR count). The van der Waals surface area contributed by atoms with Crippen LogP contribution in [0.25, 0.3) is 10.9 Å². The zero-order chi connectivity index (χ0) is 14.0. The molecule has 1 heterocycles. The van der Waals surface area contributed by atoms with Crippen LogP contribution in [0.1, 0.15) is 5.69 Å². The number of fused-ring (bicyclic) bond motifs is 1. The largest absolute Gasteiger partial charge is 0.493 e. The number of hydrogen-bond acceptors (Lipinski definition) is 4. The van der Waals surface area contributed by atoms with E-state index in [0.717, 1.165) is 10.9 Å². The zero-order valence-corrected chi connectivity index (χ0v) is 10.9. The van der Waals surface area contributed by atoms with Crippen molar-refractivity contribution >= 4 is 16.9 Å². The van der Waals surface area contributed by atoms with Crippen molar-refractivity contribution in [2.75, 3.05) is 21.3 Å². The van der Waals surface area contributed by atoms with E-state index in [1.165, 1.54) is 21.3 Å². The molecule has 1 aromatic heterocycles. The zero-order valence-electron chi connectivity index (χ0n) is 10.9. The lowest BCUT2D eigenvalue weighted by Crippen LogP contribution is -1.99. The van der Waals surface area contributed by atoms with Crippen LogP contribution in [0.2, 0.25) is 0 Å². The first kappa shape index (κ1) is 13.1. The molecule has 1 aromatic carbocycles. The van der Waals surface area contributed by atoms with Gasteiger partial charge in [0, 0.05) is 17.1 Å². The molecular formula is C13H15NO5. The lowest BCUT2D eigenvalue weighted by molar-refractivity contribution is -0.136. The highest BCUT2D eigenvalue weighted by Gasteiger charge is 2.18. The highest BCUT2D eigenvalue weighted by atomic mass is 16.5. The van der Waals surface area contributed by atoms with E-state index in [4.69, 9.17) is 19.3 Å². The molecule has 0 aliphatic rings. The van der Waals surface area contributed by atoms with E-state index in [0.29, 0.717) is 22.9 Å². The third-order valence-corrected chi connectivity index (χ3v) is 2.82. The van der Waals surface area contributed by atoms with Crippen LogP contribution in [0.3, 0.4) is 0 Å². The standard InChI is InChI=1S/C13H15NO5/c1-17-10-6-9-8(12(18-2)13(10)19-3)4-7(14-9)5-11(15)16/h4,6,14H,5H2,1-3H3,(H,15,16).